The van der Waals surface area contributed by atoms with E-state index in [0.717, 1.165) is 0 Å². The quantitative estimate of drug-likeness (QED) is 0.650. The Morgan fingerprint density at radius 1 is 1.07 bits per heavy atom. The lowest BCUT2D eigenvalue weighted by Crippen LogP contribution is -2.50. The largest absolute Gasteiger partial charge is 0.313 e. The number of nitrogens with one attached hydrogen (secondary N) is 2. The van der Waals surface area contributed by atoms with Crippen molar-refractivity contribution in [3.63, 3.8) is 0 Å². The topological polar surface area (TPSA) is 27.3 Å². The molecule has 3 heteroatoms. The van der Waals surface area contributed by atoms with Crippen molar-refractivity contribution in [3.8, 4) is 0 Å². The second-order valence-corrected chi connectivity index (χ2v) is 4.67. The van der Waals surface area contributed by atoms with E-state index in [1.54, 1.807) is 0 Å². The molecule has 2 rings (SSSR count). The maximum Gasteiger partial charge on any atom is 0.0597 e. The molecule has 2 N–H and O–H groups in total. The second-order valence-electron chi connectivity index (χ2n) is 4.67. The molecule has 0 aromatic heterocycles. The van der Waals surface area contributed by atoms with Crippen molar-refractivity contribution in [1.82, 2.24) is 15.5 Å². The second kappa shape index (κ2) is 5.10. The van der Waals surface area contributed by atoms with E-state index in [-0.39, 0.29) is 0 Å². The summed E-state index contributed by atoms with van der Waals surface area (Å²) in [5.74, 6) is 0. The summed E-state index contributed by atoms with van der Waals surface area (Å²) in [4.78, 5) is 2.63. The van der Waals surface area contributed by atoms with E-state index >= 15 is 0 Å². The minimum absolute atomic E-state index is 0.654. The van der Waals surface area contributed by atoms with E-state index < -0.39 is 0 Å². The lowest BCUT2D eigenvalue weighted by molar-refractivity contribution is 0.137. The van der Waals surface area contributed by atoms with Crippen molar-refractivity contribution in [2.75, 3.05) is 26.2 Å². The number of hydrogen-bond acceptors (Lipinski definition) is 3. The number of hydrogen-bond donors (Lipinski definition) is 2. The Hall–Kier alpha value is -0.120. The van der Waals surface area contributed by atoms with Crippen LogP contribution in [0, 0.1) is 0 Å². The van der Waals surface area contributed by atoms with Crippen LogP contribution in [0.25, 0.3) is 0 Å². The molecule has 0 amide bonds. The van der Waals surface area contributed by atoms with Gasteiger partial charge in [0, 0.05) is 19.1 Å². The van der Waals surface area contributed by atoms with Gasteiger partial charge < -0.3 is 10.6 Å². The zero-order chi connectivity index (χ0) is 9.80. The third-order valence-corrected chi connectivity index (χ3v) is 3.35. The van der Waals surface area contributed by atoms with Crippen LogP contribution in [-0.4, -0.2) is 43.3 Å². The van der Waals surface area contributed by atoms with Gasteiger partial charge in [-0.3, -0.25) is 4.90 Å². The maximum absolute atomic E-state index is 3.64. The van der Waals surface area contributed by atoms with Crippen LogP contribution in [0.15, 0.2) is 0 Å². The first-order chi connectivity index (χ1) is 6.86. The van der Waals surface area contributed by atoms with Crippen LogP contribution in [0.5, 0.6) is 0 Å². The summed E-state index contributed by atoms with van der Waals surface area (Å²) in [6.07, 6.45) is 6.05. The SMILES string of the molecule is CC1CN(C2CCCCN2)CCCN1. The van der Waals surface area contributed by atoms with E-state index in [4.69, 9.17) is 0 Å². The summed E-state index contributed by atoms with van der Waals surface area (Å²) in [6, 6.07) is 0.654. The molecule has 2 fully saturated rings. The maximum atomic E-state index is 3.64. The Morgan fingerprint density at radius 2 is 1.93 bits per heavy atom. The number of piperidine rings is 1. The monoisotopic (exact) mass is 197 g/mol. The molecule has 2 aliphatic rings. The van der Waals surface area contributed by atoms with Crippen LogP contribution in [0.4, 0.5) is 0 Å². The summed E-state index contributed by atoms with van der Waals surface area (Å²) >= 11 is 0. The van der Waals surface area contributed by atoms with Gasteiger partial charge in [0.25, 0.3) is 0 Å². The van der Waals surface area contributed by atoms with Crippen molar-refractivity contribution in [2.45, 2.75) is 44.8 Å². The molecule has 82 valence electrons. The van der Waals surface area contributed by atoms with E-state index in [1.807, 2.05) is 0 Å². The zero-order valence-corrected chi connectivity index (χ0v) is 9.26. The van der Waals surface area contributed by atoms with Gasteiger partial charge in [0.05, 0.1) is 6.17 Å². The van der Waals surface area contributed by atoms with Crippen molar-refractivity contribution >= 4 is 0 Å². The van der Waals surface area contributed by atoms with Crippen LogP contribution >= 0.6 is 0 Å². The fourth-order valence-corrected chi connectivity index (χ4v) is 2.57. The number of rotatable bonds is 1. The molecule has 2 heterocycles. The molecule has 0 bridgehead atoms. The van der Waals surface area contributed by atoms with Crippen LogP contribution in [0.1, 0.15) is 32.6 Å². The van der Waals surface area contributed by atoms with E-state index in [9.17, 15) is 0 Å². The lowest BCUT2D eigenvalue weighted by atomic mass is 10.1. The van der Waals surface area contributed by atoms with Gasteiger partial charge in [0.1, 0.15) is 0 Å². The van der Waals surface area contributed by atoms with Gasteiger partial charge in [-0.2, -0.15) is 0 Å². The fourth-order valence-electron chi connectivity index (χ4n) is 2.57. The molecule has 2 unspecified atom stereocenters. The molecular weight excluding hydrogens is 174 g/mol. The van der Waals surface area contributed by atoms with E-state index in [1.165, 1.54) is 51.9 Å². The molecule has 0 saturated carbocycles. The van der Waals surface area contributed by atoms with Crippen LogP contribution in [0.3, 0.4) is 0 Å². The van der Waals surface area contributed by atoms with Gasteiger partial charge in [0.2, 0.25) is 0 Å². The third kappa shape index (κ3) is 2.69. The van der Waals surface area contributed by atoms with Gasteiger partial charge in [0.15, 0.2) is 0 Å². The predicted molar refractivity (Wildman–Crippen MR) is 59.3 cm³/mol. The molecule has 2 atom stereocenters. The summed E-state index contributed by atoms with van der Waals surface area (Å²) in [5.41, 5.74) is 0. The van der Waals surface area contributed by atoms with Gasteiger partial charge in [-0.05, 0) is 45.7 Å². The Labute approximate surface area is 87.2 Å². The number of nitrogens with zero attached hydrogens (tertiary/aromatic N) is 1. The summed E-state index contributed by atoms with van der Waals surface area (Å²) in [6.45, 7) is 7.15. The average molecular weight is 197 g/mol. The van der Waals surface area contributed by atoms with Crippen LogP contribution in [0.2, 0.25) is 0 Å². The first kappa shape index (κ1) is 10.4. The van der Waals surface area contributed by atoms with Gasteiger partial charge in [-0.1, -0.05) is 0 Å². The normalized spacial score (nSPS) is 36.6. The molecule has 0 aromatic carbocycles. The first-order valence-corrected chi connectivity index (χ1v) is 6.07. The van der Waals surface area contributed by atoms with Gasteiger partial charge in [-0.15, -0.1) is 0 Å². The summed E-state index contributed by atoms with van der Waals surface area (Å²) in [5, 5.41) is 7.18. The van der Waals surface area contributed by atoms with Crippen molar-refractivity contribution in [2.24, 2.45) is 0 Å². The van der Waals surface area contributed by atoms with Crippen LogP contribution in [-0.2, 0) is 0 Å². The standard InChI is InChI=1S/C11H23N3/c1-10-9-14(8-4-7-12-10)11-5-2-3-6-13-11/h10-13H,2-9H2,1H3. The molecule has 3 nitrogen and oxygen atoms in total. The molecule has 14 heavy (non-hydrogen) atoms. The molecule has 2 aliphatic heterocycles. The first-order valence-electron chi connectivity index (χ1n) is 6.07. The van der Waals surface area contributed by atoms with Crippen LogP contribution < -0.4 is 10.6 Å². The smallest absolute Gasteiger partial charge is 0.0597 e. The summed E-state index contributed by atoms with van der Waals surface area (Å²) < 4.78 is 0. The molecule has 2 saturated heterocycles. The zero-order valence-electron chi connectivity index (χ0n) is 9.26. The summed E-state index contributed by atoms with van der Waals surface area (Å²) in [7, 11) is 0. The fraction of sp³-hybridized carbons (Fsp3) is 1.00. The molecule has 0 spiro atoms. The average Bonchev–Trinajstić information content (AvgIpc) is 2.44. The van der Waals surface area contributed by atoms with Crippen molar-refractivity contribution < 1.29 is 0 Å². The molecule has 0 aliphatic carbocycles. The Kier molecular flexibility index (Phi) is 3.79. The molecular formula is C11H23N3. The highest BCUT2D eigenvalue weighted by Gasteiger charge is 2.23. The lowest BCUT2D eigenvalue weighted by Gasteiger charge is -2.35. The molecule has 0 radical (unpaired) electrons. The Balaban J connectivity index is 1.87. The van der Waals surface area contributed by atoms with E-state index in [0.29, 0.717) is 12.2 Å². The van der Waals surface area contributed by atoms with E-state index in [2.05, 4.69) is 22.5 Å². The Bertz CT molecular complexity index is 166. The highest BCUT2D eigenvalue weighted by Crippen LogP contribution is 2.13. The molecule has 0 aromatic rings. The van der Waals surface area contributed by atoms with Crippen molar-refractivity contribution in [1.29, 1.82) is 0 Å². The highest BCUT2D eigenvalue weighted by molar-refractivity contribution is 4.79. The van der Waals surface area contributed by atoms with Crippen molar-refractivity contribution in [3.05, 3.63) is 0 Å². The third-order valence-electron chi connectivity index (χ3n) is 3.35. The Morgan fingerprint density at radius 3 is 2.71 bits per heavy atom. The minimum atomic E-state index is 0.654. The van der Waals surface area contributed by atoms with Gasteiger partial charge in [-0.25, -0.2) is 0 Å². The predicted octanol–water partition coefficient (Wildman–Crippen LogP) is 0.770. The van der Waals surface area contributed by atoms with Gasteiger partial charge >= 0.3 is 0 Å². The highest BCUT2D eigenvalue weighted by atomic mass is 15.3. The minimum Gasteiger partial charge on any atom is -0.313 e.